The van der Waals surface area contributed by atoms with Crippen LogP contribution in [0, 0.1) is 5.92 Å². The van der Waals surface area contributed by atoms with E-state index in [1.807, 2.05) is 10.9 Å². The molecule has 1 rings (SSSR count). The van der Waals surface area contributed by atoms with Crippen LogP contribution in [-0.2, 0) is 6.42 Å². The zero-order valence-electron chi connectivity index (χ0n) is 11.2. The molecule has 0 aliphatic heterocycles. The van der Waals surface area contributed by atoms with Gasteiger partial charge in [0.25, 0.3) is 0 Å². The van der Waals surface area contributed by atoms with Crippen molar-refractivity contribution in [2.75, 3.05) is 0 Å². The van der Waals surface area contributed by atoms with Gasteiger partial charge < -0.3 is 5.73 Å². The molecule has 0 fully saturated rings. The van der Waals surface area contributed by atoms with Crippen LogP contribution in [0.4, 0.5) is 0 Å². The first kappa shape index (κ1) is 13.2. The quantitative estimate of drug-likeness (QED) is 0.834. The molecule has 0 saturated heterocycles. The molecule has 1 aromatic rings. The van der Waals surface area contributed by atoms with Crippen molar-refractivity contribution < 1.29 is 0 Å². The van der Waals surface area contributed by atoms with Crippen molar-refractivity contribution in [1.29, 1.82) is 0 Å². The van der Waals surface area contributed by atoms with Crippen LogP contribution in [-0.4, -0.2) is 15.3 Å². The van der Waals surface area contributed by atoms with Crippen LogP contribution >= 0.6 is 0 Å². The summed E-state index contributed by atoms with van der Waals surface area (Å²) in [5, 5.41) is 4.56. The molecule has 0 radical (unpaired) electrons. The number of hydrogen-bond acceptors (Lipinski definition) is 2. The lowest BCUT2D eigenvalue weighted by Gasteiger charge is -2.31. The van der Waals surface area contributed by atoms with E-state index in [9.17, 15) is 0 Å². The predicted molar refractivity (Wildman–Crippen MR) is 68.4 cm³/mol. The van der Waals surface area contributed by atoms with Crippen LogP contribution in [0.2, 0.25) is 0 Å². The van der Waals surface area contributed by atoms with Gasteiger partial charge in [-0.05, 0) is 32.3 Å². The second kappa shape index (κ2) is 5.00. The van der Waals surface area contributed by atoms with Gasteiger partial charge in [0.2, 0.25) is 0 Å². The number of rotatable bonds is 5. The van der Waals surface area contributed by atoms with Gasteiger partial charge in [-0.15, -0.1) is 0 Å². The molecule has 92 valence electrons. The fourth-order valence-corrected chi connectivity index (χ4v) is 1.83. The van der Waals surface area contributed by atoms with Gasteiger partial charge in [-0.3, -0.25) is 4.68 Å². The first-order chi connectivity index (χ1) is 7.39. The van der Waals surface area contributed by atoms with Crippen LogP contribution in [0.5, 0.6) is 0 Å². The first-order valence-electron chi connectivity index (χ1n) is 6.22. The van der Waals surface area contributed by atoms with Gasteiger partial charge in [-0.25, -0.2) is 0 Å². The summed E-state index contributed by atoms with van der Waals surface area (Å²) in [6.45, 7) is 10.8. The first-order valence-corrected chi connectivity index (χ1v) is 6.22. The molecule has 1 unspecified atom stereocenters. The second-order valence-corrected chi connectivity index (χ2v) is 5.30. The van der Waals surface area contributed by atoms with Gasteiger partial charge in [0, 0.05) is 24.2 Å². The van der Waals surface area contributed by atoms with E-state index in [4.69, 9.17) is 5.73 Å². The van der Waals surface area contributed by atoms with Crippen molar-refractivity contribution >= 4 is 0 Å². The summed E-state index contributed by atoms with van der Waals surface area (Å²) in [5.74, 6) is 0.474. The lowest BCUT2D eigenvalue weighted by Crippen LogP contribution is -2.46. The van der Waals surface area contributed by atoms with Gasteiger partial charge in [0.05, 0.1) is 5.69 Å². The number of aromatic nitrogens is 2. The third-order valence-electron chi connectivity index (χ3n) is 3.51. The number of hydrogen-bond donors (Lipinski definition) is 1. The largest absolute Gasteiger partial charge is 0.325 e. The van der Waals surface area contributed by atoms with Crippen LogP contribution < -0.4 is 5.73 Å². The zero-order chi connectivity index (χ0) is 12.3. The summed E-state index contributed by atoms with van der Waals surface area (Å²) in [6, 6.07) is 2.50. The molecule has 0 aliphatic rings. The Balaban J connectivity index is 2.78. The van der Waals surface area contributed by atoms with Gasteiger partial charge in [0.1, 0.15) is 0 Å². The molecule has 3 heteroatoms. The minimum atomic E-state index is -0.129. The van der Waals surface area contributed by atoms with Crippen molar-refractivity contribution in [1.82, 2.24) is 9.78 Å². The third kappa shape index (κ3) is 2.85. The van der Waals surface area contributed by atoms with Crippen LogP contribution in [0.15, 0.2) is 12.3 Å². The molecule has 1 atom stereocenters. The van der Waals surface area contributed by atoms with Crippen LogP contribution in [0.1, 0.15) is 52.8 Å². The topological polar surface area (TPSA) is 43.8 Å². The normalized spacial score (nSPS) is 15.8. The molecule has 0 saturated carbocycles. The second-order valence-electron chi connectivity index (χ2n) is 5.30. The molecule has 1 aromatic heterocycles. The Kier molecular flexibility index (Phi) is 4.14. The molecule has 0 aromatic carbocycles. The van der Waals surface area contributed by atoms with E-state index in [-0.39, 0.29) is 5.54 Å². The van der Waals surface area contributed by atoms with Gasteiger partial charge >= 0.3 is 0 Å². The van der Waals surface area contributed by atoms with E-state index in [0.29, 0.717) is 12.0 Å². The summed E-state index contributed by atoms with van der Waals surface area (Å²) >= 11 is 0. The summed E-state index contributed by atoms with van der Waals surface area (Å²) in [6.07, 6.45) is 3.89. The molecule has 0 bridgehead atoms. The average Bonchev–Trinajstić information content (AvgIpc) is 2.65. The number of nitrogens with zero attached hydrogens (tertiary/aromatic N) is 2. The summed E-state index contributed by atoms with van der Waals surface area (Å²) in [4.78, 5) is 0. The fraction of sp³-hybridized carbons (Fsp3) is 0.769. The molecule has 0 spiro atoms. The molecular formula is C13H25N3. The highest BCUT2D eigenvalue weighted by atomic mass is 15.3. The zero-order valence-corrected chi connectivity index (χ0v) is 11.2. The van der Waals surface area contributed by atoms with Gasteiger partial charge in [-0.1, -0.05) is 20.8 Å². The van der Waals surface area contributed by atoms with E-state index in [1.54, 1.807) is 0 Å². The minimum absolute atomic E-state index is 0.129. The SMILES string of the molecule is CCC(N)(Cc1ccn(C(C)C)n1)C(C)C. The molecule has 1 heterocycles. The smallest absolute Gasteiger partial charge is 0.0643 e. The molecule has 16 heavy (non-hydrogen) atoms. The third-order valence-corrected chi connectivity index (χ3v) is 3.51. The summed E-state index contributed by atoms with van der Waals surface area (Å²) < 4.78 is 1.99. The molecule has 3 nitrogen and oxygen atoms in total. The maximum absolute atomic E-state index is 6.41. The van der Waals surface area contributed by atoms with E-state index in [0.717, 1.165) is 18.5 Å². The highest BCUT2D eigenvalue weighted by Crippen LogP contribution is 2.22. The standard InChI is InChI=1S/C13H25N3/c1-6-13(14,10(2)3)9-12-7-8-16(15-12)11(4)5/h7-8,10-11H,6,9,14H2,1-5H3. The van der Waals surface area contributed by atoms with Crippen molar-refractivity contribution in [2.24, 2.45) is 11.7 Å². The Morgan fingerprint density at radius 3 is 2.38 bits per heavy atom. The van der Waals surface area contributed by atoms with E-state index >= 15 is 0 Å². The highest BCUT2D eigenvalue weighted by Gasteiger charge is 2.28. The summed E-state index contributed by atoms with van der Waals surface area (Å²) in [7, 11) is 0. The molecule has 0 amide bonds. The van der Waals surface area contributed by atoms with Crippen molar-refractivity contribution in [3.8, 4) is 0 Å². The molecule has 2 N–H and O–H groups in total. The van der Waals surface area contributed by atoms with Crippen molar-refractivity contribution in [3.05, 3.63) is 18.0 Å². The van der Waals surface area contributed by atoms with Crippen molar-refractivity contribution in [2.45, 2.75) is 59.0 Å². The molecular weight excluding hydrogens is 198 g/mol. The maximum Gasteiger partial charge on any atom is 0.0643 e. The van der Waals surface area contributed by atoms with Crippen molar-refractivity contribution in [3.63, 3.8) is 0 Å². The highest BCUT2D eigenvalue weighted by molar-refractivity contribution is 5.06. The molecule has 0 aliphatic carbocycles. The minimum Gasteiger partial charge on any atom is -0.325 e. The Labute approximate surface area is 99.0 Å². The van der Waals surface area contributed by atoms with Crippen LogP contribution in [0.25, 0.3) is 0 Å². The number of nitrogens with two attached hydrogens (primary N) is 1. The fourth-order valence-electron chi connectivity index (χ4n) is 1.83. The Bertz CT molecular complexity index is 328. The maximum atomic E-state index is 6.41. The lowest BCUT2D eigenvalue weighted by molar-refractivity contribution is 0.292. The predicted octanol–water partition coefficient (Wildman–Crippen LogP) is 2.77. The van der Waals surface area contributed by atoms with Crippen LogP contribution in [0.3, 0.4) is 0 Å². The van der Waals surface area contributed by atoms with E-state index in [1.165, 1.54) is 0 Å². The van der Waals surface area contributed by atoms with Gasteiger partial charge in [-0.2, -0.15) is 5.10 Å². The summed E-state index contributed by atoms with van der Waals surface area (Å²) in [5.41, 5.74) is 7.38. The lowest BCUT2D eigenvalue weighted by atomic mass is 9.81. The van der Waals surface area contributed by atoms with Gasteiger partial charge in [0.15, 0.2) is 0 Å². The average molecular weight is 223 g/mol. The Hall–Kier alpha value is -0.830. The van der Waals surface area contributed by atoms with E-state index < -0.39 is 0 Å². The van der Waals surface area contributed by atoms with E-state index in [2.05, 4.69) is 45.8 Å². The Morgan fingerprint density at radius 1 is 1.38 bits per heavy atom. The Morgan fingerprint density at radius 2 is 2.00 bits per heavy atom. The monoisotopic (exact) mass is 223 g/mol.